The summed E-state index contributed by atoms with van der Waals surface area (Å²) in [5.41, 5.74) is 1.64. The molecule has 1 amide bonds. The van der Waals surface area contributed by atoms with Gasteiger partial charge in [-0.1, -0.05) is 13.3 Å². The molecule has 1 unspecified atom stereocenters. The predicted octanol–water partition coefficient (Wildman–Crippen LogP) is 2.29. The molecular weight excluding hydrogens is 238 g/mol. The van der Waals surface area contributed by atoms with Crippen LogP contribution in [-0.4, -0.2) is 23.5 Å². The first-order valence-electron chi connectivity index (χ1n) is 5.57. The first-order chi connectivity index (χ1) is 8.04. The summed E-state index contributed by atoms with van der Waals surface area (Å²) in [6.45, 7) is 4.23. The third-order valence-electron chi connectivity index (χ3n) is 2.69. The lowest BCUT2D eigenvalue weighted by atomic mass is 10.0. The molecule has 0 aromatic carbocycles. The molecule has 0 saturated heterocycles. The van der Waals surface area contributed by atoms with E-state index in [9.17, 15) is 9.59 Å². The second kappa shape index (κ2) is 6.39. The van der Waals surface area contributed by atoms with Gasteiger partial charge < -0.3 is 10.4 Å². The van der Waals surface area contributed by atoms with Gasteiger partial charge in [0.2, 0.25) is 0 Å². The Morgan fingerprint density at radius 2 is 2.18 bits per heavy atom. The smallest absolute Gasteiger partial charge is 0.303 e. The standard InChI is InChI=1S/C12H17NO3S/c1-3-9(4-11(14)15)5-13-12(16)10-7-17-6-8(10)2/h6-7,9H,3-5H2,1-2H3,(H,13,16)(H,14,15). The van der Waals surface area contributed by atoms with Crippen molar-refractivity contribution in [2.24, 2.45) is 5.92 Å². The minimum atomic E-state index is -0.821. The fourth-order valence-electron chi connectivity index (χ4n) is 1.53. The number of aryl methyl sites for hydroxylation is 1. The maximum absolute atomic E-state index is 11.8. The van der Waals surface area contributed by atoms with Crippen molar-refractivity contribution in [1.29, 1.82) is 0 Å². The number of rotatable bonds is 6. The highest BCUT2D eigenvalue weighted by Crippen LogP contribution is 2.14. The Morgan fingerprint density at radius 3 is 2.65 bits per heavy atom. The van der Waals surface area contributed by atoms with E-state index in [2.05, 4.69) is 5.32 Å². The van der Waals surface area contributed by atoms with Crippen LogP contribution in [0.4, 0.5) is 0 Å². The van der Waals surface area contributed by atoms with Crippen molar-refractivity contribution in [3.8, 4) is 0 Å². The highest BCUT2D eigenvalue weighted by Gasteiger charge is 2.14. The Kier molecular flexibility index (Phi) is 5.15. The second-order valence-corrected chi connectivity index (χ2v) is 4.79. The van der Waals surface area contributed by atoms with Gasteiger partial charge in [-0.3, -0.25) is 9.59 Å². The van der Waals surface area contributed by atoms with Crippen LogP contribution in [-0.2, 0) is 4.79 Å². The Morgan fingerprint density at radius 1 is 1.47 bits per heavy atom. The lowest BCUT2D eigenvalue weighted by Gasteiger charge is -2.13. The van der Waals surface area contributed by atoms with Crippen LogP contribution in [0.1, 0.15) is 35.7 Å². The highest BCUT2D eigenvalue weighted by atomic mass is 32.1. The monoisotopic (exact) mass is 255 g/mol. The van der Waals surface area contributed by atoms with Gasteiger partial charge in [-0.15, -0.1) is 0 Å². The van der Waals surface area contributed by atoms with E-state index in [1.165, 1.54) is 11.3 Å². The molecule has 1 aromatic heterocycles. The van der Waals surface area contributed by atoms with E-state index in [1.807, 2.05) is 24.6 Å². The maximum atomic E-state index is 11.8. The van der Waals surface area contributed by atoms with Gasteiger partial charge >= 0.3 is 5.97 Å². The molecule has 2 N–H and O–H groups in total. The van der Waals surface area contributed by atoms with Gasteiger partial charge in [0.1, 0.15) is 0 Å². The van der Waals surface area contributed by atoms with E-state index in [0.717, 1.165) is 12.0 Å². The Balaban J connectivity index is 2.47. The summed E-state index contributed by atoms with van der Waals surface area (Å²) in [7, 11) is 0. The van der Waals surface area contributed by atoms with E-state index >= 15 is 0 Å². The van der Waals surface area contributed by atoms with Crippen LogP contribution >= 0.6 is 11.3 Å². The van der Waals surface area contributed by atoms with Crippen LogP contribution in [0.3, 0.4) is 0 Å². The molecule has 1 atom stereocenters. The van der Waals surface area contributed by atoms with Crippen molar-refractivity contribution in [3.63, 3.8) is 0 Å². The molecule has 1 heterocycles. The van der Waals surface area contributed by atoms with Crippen molar-refractivity contribution in [2.75, 3.05) is 6.54 Å². The summed E-state index contributed by atoms with van der Waals surface area (Å²) >= 11 is 1.49. The molecule has 5 heteroatoms. The average Bonchev–Trinajstić information content (AvgIpc) is 2.69. The molecular formula is C12H17NO3S. The zero-order valence-corrected chi connectivity index (χ0v) is 10.8. The van der Waals surface area contributed by atoms with Gasteiger partial charge in [-0.05, 0) is 23.8 Å². The Hall–Kier alpha value is -1.36. The zero-order chi connectivity index (χ0) is 12.8. The summed E-state index contributed by atoms with van der Waals surface area (Å²) < 4.78 is 0. The van der Waals surface area contributed by atoms with Crippen molar-refractivity contribution in [3.05, 3.63) is 21.9 Å². The molecule has 94 valence electrons. The average molecular weight is 255 g/mol. The van der Waals surface area contributed by atoms with Crippen molar-refractivity contribution in [2.45, 2.75) is 26.7 Å². The second-order valence-electron chi connectivity index (χ2n) is 4.05. The molecule has 0 bridgehead atoms. The van der Waals surface area contributed by atoms with E-state index in [-0.39, 0.29) is 18.2 Å². The lowest BCUT2D eigenvalue weighted by Crippen LogP contribution is -2.30. The molecule has 1 rings (SSSR count). The van der Waals surface area contributed by atoms with Gasteiger partial charge in [0.05, 0.1) is 5.56 Å². The lowest BCUT2D eigenvalue weighted by molar-refractivity contribution is -0.138. The van der Waals surface area contributed by atoms with E-state index in [4.69, 9.17) is 5.11 Å². The molecule has 0 saturated carbocycles. The number of carboxylic acids is 1. The fourth-order valence-corrected chi connectivity index (χ4v) is 2.36. The minimum Gasteiger partial charge on any atom is -0.481 e. The molecule has 0 aliphatic carbocycles. The van der Waals surface area contributed by atoms with Gasteiger partial charge in [-0.25, -0.2) is 0 Å². The van der Waals surface area contributed by atoms with Crippen LogP contribution in [0.5, 0.6) is 0 Å². The summed E-state index contributed by atoms with van der Waals surface area (Å²) in [6, 6.07) is 0. The normalized spacial score (nSPS) is 12.1. The van der Waals surface area contributed by atoms with Crippen LogP contribution in [0.15, 0.2) is 10.8 Å². The molecule has 0 radical (unpaired) electrons. The third-order valence-corrected chi connectivity index (χ3v) is 3.55. The summed E-state index contributed by atoms with van der Waals surface area (Å²) in [4.78, 5) is 22.4. The van der Waals surface area contributed by atoms with Crippen LogP contribution in [0.2, 0.25) is 0 Å². The van der Waals surface area contributed by atoms with Gasteiger partial charge in [-0.2, -0.15) is 11.3 Å². The number of hydrogen-bond acceptors (Lipinski definition) is 3. The SMILES string of the molecule is CCC(CNC(=O)c1cscc1C)CC(=O)O. The topological polar surface area (TPSA) is 66.4 Å². The largest absolute Gasteiger partial charge is 0.481 e. The quantitative estimate of drug-likeness (QED) is 0.819. The van der Waals surface area contributed by atoms with Gasteiger partial charge in [0.25, 0.3) is 5.91 Å². The van der Waals surface area contributed by atoms with Crippen molar-refractivity contribution < 1.29 is 14.7 Å². The number of thiophene rings is 1. The molecule has 17 heavy (non-hydrogen) atoms. The van der Waals surface area contributed by atoms with Gasteiger partial charge in [0, 0.05) is 18.3 Å². The van der Waals surface area contributed by atoms with Crippen LogP contribution in [0.25, 0.3) is 0 Å². The summed E-state index contributed by atoms with van der Waals surface area (Å²) in [5.74, 6) is -0.944. The summed E-state index contributed by atoms with van der Waals surface area (Å²) in [5, 5.41) is 15.2. The molecule has 0 fully saturated rings. The number of carboxylic acid groups (broad SMARTS) is 1. The number of carbonyl (C=O) groups is 2. The third kappa shape index (κ3) is 4.19. The number of nitrogens with one attached hydrogen (secondary N) is 1. The highest BCUT2D eigenvalue weighted by molar-refractivity contribution is 7.08. The molecule has 1 aromatic rings. The van der Waals surface area contributed by atoms with E-state index in [1.54, 1.807) is 0 Å². The van der Waals surface area contributed by atoms with Crippen molar-refractivity contribution >= 4 is 23.2 Å². The molecule has 0 aliphatic heterocycles. The Bertz CT molecular complexity index is 400. The van der Waals surface area contributed by atoms with Gasteiger partial charge in [0.15, 0.2) is 0 Å². The minimum absolute atomic E-state index is 0.00427. The number of carbonyl (C=O) groups excluding carboxylic acids is 1. The number of amides is 1. The Labute approximate surface area is 105 Å². The van der Waals surface area contributed by atoms with Crippen LogP contribution < -0.4 is 5.32 Å². The van der Waals surface area contributed by atoms with Crippen molar-refractivity contribution in [1.82, 2.24) is 5.32 Å². The first kappa shape index (κ1) is 13.7. The molecule has 4 nitrogen and oxygen atoms in total. The van der Waals surface area contributed by atoms with E-state index in [0.29, 0.717) is 12.1 Å². The number of aliphatic carboxylic acids is 1. The molecule has 0 aliphatic rings. The fraction of sp³-hybridized carbons (Fsp3) is 0.500. The predicted molar refractivity (Wildman–Crippen MR) is 67.4 cm³/mol. The zero-order valence-electron chi connectivity index (χ0n) is 10.0. The van der Waals surface area contributed by atoms with Crippen LogP contribution in [0, 0.1) is 12.8 Å². The number of hydrogen-bond donors (Lipinski definition) is 2. The molecule has 0 spiro atoms. The maximum Gasteiger partial charge on any atom is 0.303 e. The first-order valence-corrected chi connectivity index (χ1v) is 6.51. The van der Waals surface area contributed by atoms with E-state index < -0.39 is 5.97 Å². The summed E-state index contributed by atoms with van der Waals surface area (Å²) in [6.07, 6.45) is 0.842.